The van der Waals surface area contributed by atoms with Gasteiger partial charge in [0.05, 0.1) is 11.3 Å². The Morgan fingerprint density at radius 3 is 2.62 bits per heavy atom. The van der Waals surface area contributed by atoms with E-state index in [0.717, 1.165) is 0 Å². The van der Waals surface area contributed by atoms with Crippen molar-refractivity contribution in [2.24, 2.45) is 0 Å². The van der Waals surface area contributed by atoms with Crippen LogP contribution in [-0.4, -0.2) is 17.4 Å². The van der Waals surface area contributed by atoms with Crippen molar-refractivity contribution >= 4 is 13.0 Å². The summed E-state index contributed by atoms with van der Waals surface area (Å²) in [6.45, 7) is 0. The molecule has 1 aromatic rings. The minimum atomic E-state index is -1.88. The van der Waals surface area contributed by atoms with Crippen LogP contribution in [0.1, 0.15) is 5.56 Å². The van der Waals surface area contributed by atoms with Crippen molar-refractivity contribution in [1.82, 2.24) is 0 Å². The highest BCUT2D eigenvalue weighted by Gasteiger charge is 2.11. The highest BCUT2D eigenvalue weighted by Crippen LogP contribution is 2.18. The highest BCUT2D eigenvalue weighted by molar-refractivity contribution is 6.33. The largest absolute Gasteiger partial charge is 0.707 e. The van der Waals surface area contributed by atoms with E-state index in [4.69, 9.17) is 21.0 Å². The maximum atomic E-state index is 8.52. The summed E-state index contributed by atoms with van der Waals surface area (Å²) in [5, 5.41) is 25.4. The predicted molar refractivity (Wildman–Crippen MR) is 46.4 cm³/mol. The Morgan fingerprint density at radius 1 is 1.46 bits per heavy atom. The van der Waals surface area contributed by atoms with E-state index in [1.54, 1.807) is 0 Å². The number of anilines is 1. The molecule has 0 aromatic heterocycles. The van der Waals surface area contributed by atoms with Gasteiger partial charge < -0.3 is 20.4 Å². The molecule has 6 heteroatoms. The fourth-order valence-corrected chi connectivity index (χ4v) is 0.838. The van der Waals surface area contributed by atoms with E-state index in [-0.39, 0.29) is 11.4 Å². The summed E-state index contributed by atoms with van der Waals surface area (Å²) in [6, 6.07) is 6.08. The van der Waals surface area contributed by atoms with Crippen LogP contribution < -0.4 is 10.4 Å². The molecule has 0 fully saturated rings. The molecule has 5 nitrogen and oxygen atoms in total. The lowest BCUT2D eigenvalue weighted by Gasteiger charge is -2.05. The number of nitrogens with two attached hydrogens (primary N) is 1. The van der Waals surface area contributed by atoms with Gasteiger partial charge in [0.2, 0.25) is 0 Å². The van der Waals surface area contributed by atoms with Crippen molar-refractivity contribution in [2.75, 3.05) is 5.73 Å². The molecule has 0 amide bonds. The highest BCUT2D eigenvalue weighted by atomic mass is 16.6. The smallest absolute Gasteiger partial charge is 0.512 e. The molecule has 0 unspecified atom stereocenters. The molecular weight excluding hydrogens is 171 g/mol. The zero-order valence-corrected chi connectivity index (χ0v) is 6.64. The lowest BCUT2D eigenvalue weighted by atomic mass is 10.2. The zero-order valence-electron chi connectivity index (χ0n) is 6.64. The van der Waals surface area contributed by atoms with Gasteiger partial charge in [0.1, 0.15) is 11.8 Å². The molecule has 4 N–H and O–H groups in total. The van der Waals surface area contributed by atoms with E-state index in [9.17, 15) is 0 Å². The van der Waals surface area contributed by atoms with Gasteiger partial charge in [-0.15, -0.1) is 0 Å². The third-order valence-electron chi connectivity index (χ3n) is 1.38. The number of nitrogen functional groups attached to an aromatic ring is 1. The Labute approximate surface area is 75.2 Å². The van der Waals surface area contributed by atoms with Crippen LogP contribution in [0.3, 0.4) is 0 Å². The second kappa shape index (κ2) is 3.80. The second-order valence-electron chi connectivity index (χ2n) is 2.30. The van der Waals surface area contributed by atoms with Gasteiger partial charge >= 0.3 is 7.32 Å². The van der Waals surface area contributed by atoms with Crippen LogP contribution >= 0.6 is 0 Å². The van der Waals surface area contributed by atoms with Crippen molar-refractivity contribution in [3.8, 4) is 11.8 Å². The van der Waals surface area contributed by atoms with Crippen LogP contribution in [0.25, 0.3) is 0 Å². The molecule has 0 radical (unpaired) electrons. The van der Waals surface area contributed by atoms with Gasteiger partial charge in [-0.25, -0.2) is 0 Å². The first-order valence-electron chi connectivity index (χ1n) is 3.46. The number of nitriles is 1. The number of hydrogen-bond acceptors (Lipinski definition) is 5. The lowest BCUT2D eigenvalue weighted by Crippen LogP contribution is -2.20. The molecule has 0 heterocycles. The van der Waals surface area contributed by atoms with E-state index in [1.807, 2.05) is 6.07 Å². The molecule has 0 aliphatic rings. The number of hydrogen-bond donors (Lipinski definition) is 3. The van der Waals surface area contributed by atoms with Crippen LogP contribution in [0.2, 0.25) is 0 Å². The Balaban J connectivity index is 2.91. The lowest BCUT2D eigenvalue weighted by molar-refractivity contribution is 0.288. The minimum absolute atomic E-state index is 0.200. The average molecular weight is 178 g/mol. The van der Waals surface area contributed by atoms with E-state index >= 15 is 0 Å². The Hall–Kier alpha value is -1.71. The normalized spacial score (nSPS) is 9.00. The molecule has 0 saturated heterocycles. The first-order valence-corrected chi connectivity index (χ1v) is 3.46. The average Bonchev–Trinajstić information content (AvgIpc) is 2.03. The first-order chi connectivity index (χ1) is 6.13. The van der Waals surface area contributed by atoms with Crippen molar-refractivity contribution < 1.29 is 14.7 Å². The van der Waals surface area contributed by atoms with Crippen LogP contribution in [0, 0.1) is 11.3 Å². The maximum Gasteiger partial charge on any atom is 0.707 e. The fraction of sp³-hybridized carbons (Fsp3) is 0. The quantitative estimate of drug-likeness (QED) is 0.418. The number of benzene rings is 1. The first kappa shape index (κ1) is 9.38. The Bertz CT molecular complexity index is 348. The third kappa shape index (κ3) is 2.37. The van der Waals surface area contributed by atoms with Crippen molar-refractivity contribution in [3.05, 3.63) is 23.8 Å². The van der Waals surface area contributed by atoms with E-state index < -0.39 is 7.32 Å². The topological polar surface area (TPSA) is 99.5 Å². The summed E-state index contributed by atoms with van der Waals surface area (Å²) in [5.74, 6) is 0.200. The van der Waals surface area contributed by atoms with Gasteiger partial charge in [-0.2, -0.15) is 5.26 Å². The maximum absolute atomic E-state index is 8.52. The Morgan fingerprint density at radius 2 is 2.15 bits per heavy atom. The minimum Gasteiger partial charge on any atom is -0.512 e. The number of nitrogens with zero attached hydrogens (tertiary/aromatic N) is 1. The van der Waals surface area contributed by atoms with Gasteiger partial charge in [0, 0.05) is 6.07 Å². The summed E-state index contributed by atoms with van der Waals surface area (Å²) < 4.78 is 4.52. The third-order valence-corrected chi connectivity index (χ3v) is 1.38. The monoisotopic (exact) mass is 178 g/mol. The van der Waals surface area contributed by atoms with Crippen LogP contribution in [0.5, 0.6) is 5.75 Å². The molecule has 0 atom stereocenters. The molecule has 0 aliphatic heterocycles. The van der Waals surface area contributed by atoms with E-state index in [0.29, 0.717) is 5.56 Å². The molecule has 66 valence electrons. The van der Waals surface area contributed by atoms with Gasteiger partial charge in [0.15, 0.2) is 0 Å². The predicted octanol–water partition coefficient (Wildman–Crippen LogP) is -0.511. The summed E-state index contributed by atoms with van der Waals surface area (Å²) >= 11 is 0. The summed E-state index contributed by atoms with van der Waals surface area (Å²) in [4.78, 5) is 0. The van der Waals surface area contributed by atoms with Crippen molar-refractivity contribution in [1.29, 1.82) is 5.26 Å². The molecule has 1 rings (SSSR count). The second-order valence-corrected chi connectivity index (χ2v) is 2.30. The Kier molecular flexibility index (Phi) is 2.74. The van der Waals surface area contributed by atoms with Gasteiger partial charge in [-0.05, 0) is 12.1 Å². The SMILES string of the molecule is N#Cc1ccc(OB(O)O)cc1N. The summed E-state index contributed by atoms with van der Waals surface area (Å²) in [7, 11) is -1.88. The van der Waals surface area contributed by atoms with Crippen molar-refractivity contribution in [3.63, 3.8) is 0 Å². The van der Waals surface area contributed by atoms with Crippen LogP contribution in [-0.2, 0) is 0 Å². The standard InChI is InChI=1S/C7H7BN2O3/c9-4-5-1-2-6(3-7(5)10)13-8(11)12/h1-3,11-12H,10H2. The van der Waals surface area contributed by atoms with Crippen LogP contribution in [0.4, 0.5) is 5.69 Å². The molecule has 0 spiro atoms. The summed E-state index contributed by atoms with van der Waals surface area (Å²) in [5.41, 5.74) is 6.00. The zero-order chi connectivity index (χ0) is 9.84. The molecule has 0 aliphatic carbocycles. The van der Waals surface area contributed by atoms with Gasteiger partial charge in [0.25, 0.3) is 0 Å². The number of rotatable bonds is 2. The van der Waals surface area contributed by atoms with Gasteiger partial charge in [-0.3, -0.25) is 0 Å². The van der Waals surface area contributed by atoms with Gasteiger partial charge in [-0.1, -0.05) is 0 Å². The molecule has 0 saturated carbocycles. The van der Waals surface area contributed by atoms with E-state index in [1.165, 1.54) is 18.2 Å². The van der Waals surface area contributed by atoms with Crippen molar-refractivity contribution in [2.45, 2.75) is 0 Å². The van der Waals surface area contributed by atoms with Crippen LogP contribution in [0.15, 0.2) is 18.2 Å². The molecule has 1 aromatic carbocycles. The molecule has 13 heavy (non-hydrogen) atoms. The fourth-order valence-electron chi connectivity index (χ4n) is 0.838. The molecular formula is C7H7BN2O3. The van der Waals surface area contributed by atoms with E-state index in [2.05, 4.69) is 4.65 Å². The summed E-state index contributed by atoms with van der Waals surface area (Å²) in [6.07, 6.45) is 0. The molecule has 0 bridgehead atoms.